The predicted molar refractivity (Wildman–Crippen MR) is 119 cm³/mol. The molecule has 1 N–H and O–H groups in total. The molecular formula is C20H20FN5O4S2. The number of aromatic nitrogens is 3. The summed E-state index contributed by atoms with van der Waals surface area (Å²) in [6.07, 6.45) is 1.18. The van der Waals surface area contributed by atoms with E-state index in [1.54, 1.807) is 0 Å². The average Bonchev–Trinajstić information content (AvgIpc) is 3.33. The lowest BCUT2D eigenvalue weighted by molar-refractivity contribution is 0.398. The maximum Gasteiger partial charge on any atom is 0.420 e. The maximum absolute atomic E-state index is 14.9. The van der Waals surface area contributed by atoms with Crippen LogP contribution in [0.5, 0.6) is 0 Å². The Hall–Kier alpha value is -3.09. The van der Waals surface area contributed by atoms with E-state index >= 15 is 0 Å². The second-order valence-electron chi connectivity index (χ2n) is 7.45. The molecule has 4 aromatic rings. The molecule has 2 heterocycles. The van der Waals surface area contributed by atoms with E-state index in [0.29, 0.717) is 6.54 Å². The van der Waals surface area contributed by atoms with Crippen molar-refractivity contribution in [3.63, 3.8) is 0 Å². The van der Waals surface area contributed by atoms with Crippen LogP contribution < -0.4 is 10.5 Å². The zero-order chi connectivity index (χ0) is 23.0. The van der Waals surface area contributed by atoms with E-state index in [1.165, 1.54) is 10.9 Å². The van der Waals surface area contributed by atoms with Crippen LogP contribution >= 0.6 is 11.5 Å². The lowest BCUT2D eigenvalue weighted by Gasteiger charge is -2.19. The van der Waals surface area contributed by atoms with Crippen molar-refractivity contribution in [2.24, 2.45) is 0 Å². The summed E-state index contributed by atoms with van der Waals surface area (Å²) < 4.78 is 52.7. The van der Waals surface area contributed by atoms with Crippen LogP contribution in [0.3, 0.4) is 0 Å². The van der Waals surface area contributed by atoms with Crippen LogP contribution in [0.25, 0.3) is 11.1 Å². The van der Waals surface area contributed by atoms with Crippen molar-refractivity contribution >= 4 is 37.8 Å². The van der Waals surface area contributed by atoms with Gasteiger partial charge in [-0.2, -0.15) is 4.37 Å². The van der Waals surface area contributed by atoms with E-state index in [9.17, 15) is 17.6 Å². The number of hydrogen-bond acceptors (Lipinski definition) is 8. The monoisotopic (exact) mass is 477 g/mol. The largest absolute Gasteiger partial charge is 0.420 e. The summed E-state index contributed by atoms with van der Waals surface area (Å²) in [5, 5.41) is -0.00496. The van der Waals surface area contributed by atoms with Crippen molar-refractivity contribution in [3.05, 3.63) is 70.2 Å². The number of nitrogens with zero attached hydrogens (tertiary/aromatic N) is 4. The van der Waals surface area contributed by atoms with Gasteiger partial charge in [-0.05, 0) is 32.1 Å². The van der Waals surface area contributed by atoms with E-state index in [1.807, 2.05) is 50.2 Å². The van der Waals surface area contributed by atoms with Crippen LogP contribution in [-0.2, 0) is 16.6 Å². The molecule has 12 heteroatoms. The maximum atomic E-state index is 14.9. The summed E-state index contributed by atoms with van der Waals surface area (Å²) in [7, 11) is -0.418. The number of rotatable bonds is 7. The lowest BCUT2D eigenvalue weighted by atomic mass is 10.0. The molecule has 0 aliphatic carbocycles. The molecule has 0 saturated heterocycles. The molecule has 0 amide bonds. The highest BCUT2D eigenvalue weighted by Crippen LogP contribution is 2.29. The highest BCUT2D eigenvalue weighted by atomic mass is 32.2. The second-order valence-corrected chi connectivity index (χ2v) is 9.88. The van der Waals surface area contributed by atoms with Gasteiger partial charge < -0.3 is 9.32 Å². The molecule has 0 fully saturated rings. The first kappa shape index (κ1) is 22.1. The number of hydrogen-bond donors (Lipinski definition) is 1. The average molecular weight is 478 g/mol. The van der Waals surface area contributed by atoms with Gasteiger partial charge in [0, 0.05) is 30.2 Å². The van der Waals surface area contributed by atoms with Crippen LogP contribution in [-0.4, -0.2) is 41.3 Å². The molecule has 2 aromatic carbocycles. The number of fused-ring (bicyclic) bond motifs is 1. The molecule has 0 saturated carbocycles. The first-order chi connectivity index (χ1) is 15.2. The Balaban J connectivity index is 1.80. The number of anilines is 1. The fraction of sp³-hybridized carbons (Fsp3) is 0.250. The summed E-state index contributed by atoms with van der Waals surface area (Å²) in [5.41, 5.74) is 2.01. The van der Waals surface area contributed by atoms with Gasteiger partial charge in [-0.15, -0.1) is 0 Å². The fourth-order valence-electron chi connectivity index (χ4n) is 3.56. The molecule has 0 aliphatic rings. The van der Waals surface area contributed by atoms with Gasteiger partial charge in [0.05, 0.1) is 11.6 Å². The molecule has 0 radical (unpaired) electrons. The normalized spacial score (nSPS) is 13.0. The molecule has 0 aliphatic heterocycles. The minimum absolute atomic E-state index is 0.00496. The minimum atomic E-state index is -4.30. The molecule has 1 atom stereocenters. The third-order valence-corrected chi connectivity index (χ3v) is 6.98. The van der Waals surface area contributed by atoms with Crippen LogP contribution in [0.2, 0.25) is 0 Å². The third-order valence-electron chi connectivity index (χ3n) is 4.92. The second kappa shape index (κ2) is 8.45. The Morgan fingerprint density at radius 3 is 2.72 bits per heavy atom. The summed E-state index contributed by atoms with van der Waals surface area (Å²) in [6, 6.07) is 9.17. The number of nitrogens with one attached hydrogen (secondary N) is 1. The van der Waals surface area contributed by atoms with E-state index < -0.39 is 32.5 Å². The van der Waals surface area contributed by atoms with Crippen LogP contribution in [0.1, 0.15) is 24.1 Å². The molecule has 32 heavy (non-hydrogen) atoms. The van der Waals surface area contributed by atoms with Crippen LogP contribution in [0.15, 0.2) is 56.8 Å². The molecule has 9 nitrogen and oxygen atoms in total. The third kappa shape index (κ3) is 4.16. The van der Waals surface area contributed by atoms with E-state index in [4.69, 9.17) is 4.42 Å². The van der Waals surface area contributed by atoms with E-state index in [2.05, 4.69) is 14.1 Å². The van der Waals surface area contributed by atoms with Gasteiger partial charge in [0.1, 0.15) is 17.0 Å². The summed E-state index contributed by atoms with van der Waals surface area (Å²) in [4.78, 5) is 17.8. The van der Waals surface area contributed by atoms with Crippen molar-refractivity contribution in [1.29, 1.82) is 0 Å². The summed E-state index contributed by atoms with van der Waals surface area (Å²) in [5.74, 6) is -1.73. The van der Waals surface area contributed by atoms with Gasteiger partial charge in [0.2, 0.25) is 5.13 Å². The van der Waals surface area contributed by atoms with Gasteiger partial charge in [0.15, 0.2) is 5.58 Å². The van der Waals surface area contributed by atoms with Crippen molar-refractivity contribution in [3.8, 4) is 0 Å². The van der Waals surface area contributed by atoms with E-state index in [-0.39, 0.29) is 16.2 Å². The van der Waals surface area contributed by atoms with Gasteiger partial charge in [0.25, 0.3) is 10.0 Å². The highest BCUT2D eigenvalue weighted by Gasteiger charge is 2.26. The van der Waals surface area contributed by atoms with E-state index in [0.717, 1.165) is 34.8 Å². The SMILES string of the molecule is C[C@H](c1ccccc1CN(C)C)n1c(=O)oc2cc(S(=O)(=O)Nc3ncns3)c(F)cc21. The first-order valence-electron chi connectivity index (χ1n) is 9.54. The van der Waals surface area contributed by atoms with Gasteiger partial charge in [-0.3, -0.25) is 9.29 Å². The summed E-state index contributed by atoms with van der Waals surface area (Å²) in [6.45, 7) is 2.46. The molecule has 0 spiro atoms. The van der Waals surface area contributed by atoms with Crippen molar-refractivity contribution in [2.45, 2.75) is 24.4 Å². The Morgan fingerprint density at radius 1 is 1.28 bits per heavy atom. The smallest absolute Gasteiger partial charge is 0.408 e. The Kier molecular flexibility index (Phi) is 5.84. The summed E-state index contributed by atoms with van der Waals surface area (Å²) >= 11 is 0.813. The van der Waals surface area contributed by atoms with Gasteiger partial charge in [-0.25, -0.2) is 22.6 Å². The zero-order valence-electron chi connectivity index (χ0n) is 17.4. The van der Waals surface area contributed by atoms with Crippen LogP contribution in [0.4, 0.5) is 9.52 Å². The van der Waals surface area contributed by atoms with Crippen molar-refractivity contribution < 1.29 is 17.2 Å². The lowest BCUT2D eigenvalue weighted by Crippen LogP contribution is -2.21. The number of oxazole rings is 1. The quantitative estimate of drug-likeness (QED) is 0.436. The standard InChI is InChI=1S/C20H20FN5O4S2/c1-12(14-7-5-4-6-13(14)10-25(2)3)26-16-8-15(21)18(9-17(16)30-20(26)27)32(28,29)24-19-22-11-23-31-19/h4-9,11-12H,10H2,1-3H3,(H,22,23,24)/t12-/m1/s1. The Bertz CT molecular complexity index is 1430. The molecule has 0 unspecified atom stereocenters. The van der Waals surface area contributed by atoms with Crippen molar-refractivity contribution in [2.75, 3.05) is 18.8 Å². The molecule has 168 valence electrons. The number of benzene rings is 2. The first-order valence-corrected chi connectivity index (χ1v) is 11.8. The Labute approximate surface area is 187 Å². The van der Waals surface area contributed by atoms with Gasteiger partial charge in [-0.1, -0.05) is 24.3 Å². The van der Waals surface area contributed by atoms with Crippen molar-refractivity contribution in [1.82, 2.24) is 18.8 Å². The minimum Gasteiger partial charge on any atom is -0.408 e. The van der Waals surface area contributed by atoms with Gasteiger partial charge >= 0.3 is 5.76 Å². The fourth-order valence-corrected chi connectivity index (χ4v) is 5.30. The number of halogens is 1. The predicted octanol–water partition coefficient (Wildman–Crippen LogP) is 3.06. The molecule has 2 aromatic heterocycles. The highest BCUT2D eigenvalue weighted by molar-refractivity contribution is 7.93. The zero-order valence-corrected chi connectivity index (χ0v) is 19.1. The molecule has 0 bridgehead atoms. The topological polar surface area (TPSA) is 110 Å². The number of sulfonamides is 1. The molecular weight excluding hydrogens is 457 g/mol. The Morgan fingerprint density at radius 2 is 2.03 bits per heavy atom. The molecule has 4 rings (SSSR count). The van der Waals surface area contributed by atoms with Crippen LogP contribution in [0, 0.1) is 5.82 Å².